The highest BCUT2D eigenvalue weighted by atomic mass is 15.0. The Balaban J connectivity index is 1.16. The number of hydrogen-bond acceptors (Lipinski definition) is 4. The van der Waals surface area contributed by atoms with Crippen molar-refractivity contribution in [3.8, 4) is 51.4 Å². The molecular weight excluding hydrogens is 512 g/mol. The number of benzene rings is 4. The van der Waals surface area contributed by atoms with Crippen LogP contribution in [0.25, 0.3) is 45.3 Å². The summed E-state index contributed by atoms with van der Waals surface area (Å²) in [5.41, 5.74) is 7.97. The largest absolute Gasteiger partial charge is 0.208 e. The molecule has 4 aromatic carbocycles. The van der Waals surface area contributed by atoms with Crippen LogP contribution in [0.4, 0.5) is 0 Å². The third kappa shape index (κ3) is 3.37. The number of fused-ring (bicyclic) bond motifs is 1. The average Bonchev–Trinajstić information content (AvgIpc) is 3.55. The standard InChI is InChI=1S/C38H30N4/c39-22-24-15-29(17-30(16-24)37-20-32-18-31-19-33(21-37)38(31,32)23-37)36-41-34(27-9-5-2-6-10-27)40-35(42-36)28-13-11-26(12-14-28)25-7-3-1-4-8-25/h1-17,31-33H,18-21,23H2/t31?,32-,33+,37?,38?. The second-order valence-corrected chi connectivity index (χ2v) is 13.1. The van der Waals surface area contributed by atoms with Gasteiger partial charge in [-0.3, -0.25) is 0 Å². The molecule has 2 bridgehead atoms. The van der Waals surface area contributed by atoms with E-state index in [1.54, 1.807) is 0 Å². The smallest absolute Gasteiger partial charge is 0.164 e. The van der Waals surface area contributed by atoms with Gasteiger partial charge < -0.3 is 0 Å². The number of hydrogen-bond donors (Lipinski definition) is 0. The van der Waals surface area contributed by atoms with Gasteiger partial charge in [0.05, 0.1) is 11.6 Å². The summed E-state index contributed by atoms with van der Waals surface area (Å²) >= 11 is 0. The van der Waals surface area contributed by atoms with Crippen molar-refractivity contribution in [2.45, 2.75) is 37.5 Å². The number of rotatable bonds is 5. The van der Waals surface area contributed by atoms with E-state index in [-0.39, 0.29) is 5.41 Å². The fourth-order valence-corrected chi connectivity index (χ4v) is 9.33. The molecule has 4 saturated carbocycles. The summed E-state index contributed by atoms with van der Waals surface area (Å²) in [4.78, 5) is 15.0. The van der Waals surface area contributed by atoms with E-state index < -0.39 is 0 Å². The molecule has 5 aromatic rings. The van der Waals surface area contributed by atoms with Gasteiger partial charge in [-0.05, 0) is 95.6 Å². The van der Waals surface area contributed by atoms with Crippen molar-refractivity contribution < 1.29 is 0 Å². The Morgan fingerprint density at radius 3 is 1.67 bits per heavy atom. The van der Waals surface area contributed by atoms with E-state index in [9.17, 15) is 5.26 Å². The predicted octanol–water partition coefficient (Wildman–Crippen LogP) is 8.49. The predicted molar refractivity (Wildman–Crippen MR) is 164 cm³/mol. The lowest BCUT2D eigenvalue weighted by Crippen LogP contribution is -2.59. The van der Waals surface area contributed by atoms with Crippen molar-refractivity contribution in [3.63, 3.8) is 0 Å². The Morgan fingerprint density at radius 1 is 0.571 bits per heavy atom. The minimum absolute atomic E-state index is 0.202. The lowest BCUT2D eigenvalue weighted by molar-refractivity contribution is -0.175. The maximum atomic E-state index is 10.1. The fourth-order valence-electron chi connectivity index (χ4n) is 9.33. The maximum absolute atomic E-state index is 10.1. The van der Waals surface area contributed by atoms with Gasteiger partial charge in [0.1, 0.15) is 0 Å². The molecule has 3 unspecified atom stereocenters. The molecule has 1 spiro atoms. The first-order valence-electron chi connectivity index (χ1n) is 15.2. The van der Waals surface area contributed by atoms with Crippen molar-refractivity contribution in [1.29, 1.82) is 5.26 Å². The summed E-state index contributed by atoms with van der Waals surface area (Å²) in [6, 6.07) is 37.8. The zero-order valence-corrected chi connectivity index (χ0v) is 23.4. The van der Waals surface area contributed by atoms with Gasteiger partial charge in [-0.2, -0.15) is 5.26 Å². The highest BCUT2D eigenvalue weighted by molar-refractivity contribution is 5.71. The summed E-state index contributed by atoms with van der Waals surface area (Å²) in [5.74, 6) is 4.64. The molecule has 4 aliphatic carbocycles. The normalized spacial score (nSPS) is 27.9. The van der Waals surface area contributed by atoms with Crippen molar-refractivity contribution in [3.05, 3.63) is 114 Å². The van der Waals surface area contributed by atoms with Crippen LogP contribution in [0.1, 0.15) is 43.2 Å². The zero-order valence-electron chi connectivity index (χ0n) is 23.4. The number of nitriles is 1. The lowest BCUT2D eigenvalue weighted by atomic mass is 9.38. The van der Waals surface area contributed by atoms with Gasteiger partial charge in [0.2, 0.25) is 0 Å². The Morgan fingerprint density at radius 2 is 1.10 bits per heavy atom. The van der Waals surface area contributed by atoms with Gasteiger partial charge in [0, 0.05) is 16.7 Å². The Labute approximate surface area is 246 Å². The molecule has 0 N–H and O–H groups in total. The van der Waals surface area contributed by atoms with Crippen molar-refractivity contribution in [1.82, 2.24) is 15.0 Å². The highest BCUT2D eigenvalue weighted by Crippen LogP contribution is 2.84. The van der Waals surface area contributed by atoms with Crippen molar-refractivity contribution in [2.75, 3.05) is 0 Å². The molecule has 4 nitrogen and oxygen atoms in total. The molecule has 9 rings (SSSR count). The monoisotopic (exact) mass is 542 g/mol. The maximum Gasteiger partial charge on any atom is 0.164 e. The minimum atomic E-state index is 0.202. The molecule has 1 aromatic heterocycles. The second kappa shape index (κ2) is 8.69. The summed E-state index contributed by atoms with van der Waals surface area (Å²) in [7, 11) is 0. The van der Waals surface area contributed by atoms with Crippen molar-refractivity contribution in [2.24, 2.45) is 23.2 Å². The van der Waals surface area contributed by atoms with Gasteiger partial charge in [0.15, 0.2) is 17.5 Å². The third-order valence-electron chi connectivity index (χ3n) is 11.2. The summed E-state index contributed by atoms with van der Waals surface area (Å²) in [6.07, 6.45) is 6.70. The number of aromatic nitrogens is 3. The topological polar surface area (TPSA) is 62.5 Å². The molecule has 5 atom stereocenters. The average molecular weight is 543 g/mol. The summed E-state index contributed by atoms with van der Waals surface area (Å²) in [6.45, 7) is 0. The van der Waals surface area contributed by atoms with Crippen LogP contribution in [0.3, 0.4) is 0 Å². The first-order valence-corrected chi connectivity index (χ1v) is 15.2. The van der Waals surface area contributed by atoms with Crippen LogP contribution in [0, 0.1) is 34.5 Å². The SMILES string of the molecule is N#Cc1cc(-c2nc(-c3ccccc3)nc(-c3ccc(-c4ccccc4)cc3)n2)cc(C23C[C@H]4CC5C[C@@H](C2)C54C3)c1. The van der Waals surface area contributed by atoms with E-state index in [1.807, 2.05) is 42.5 Å². The van der Waals surface area contributed by atoms with Gasteiger partial charge >= 0.3 is 0 Å². The fraction of sp³-hybridized carbons (Fsp3) is 0.263. The van der Waals surface area contributed by atoms with E-state index >= 15 is 0 Å². The van der Waals surface area contributed by atoms with Gasteiger partial charge in [-0.1, -0.05) is 84.9 Å². The van der Waals surface area contributed by atoms with E-state index in [0.717, 1.165) is 40.0 Å². The van der Waals surface area contributed by atoms with Crippen LogP contribution in [0.5, 0.6) is 0 Å². The van der Waals surface area contributed by atoms with Crippen LogP contribution in [-0.4, -0.2) is 15.0 Å². The molecule has 0 saturated heterocycles. The van der Waals surface area contributed by atoms with Crippen LogP contribution in [0.2, 0.25) is 0 Å². The molecule has 42 heavy (non-hydrogen) atoms. The van der Waals surface area contributed by atoms with Gasteiger partial charge in [0.25, 0.3) is 0 Å². The lowest BCUT2D eigenvalue weighted by Gasteiger charge is -2.66. The van der Waals surface area contributed by atoms with Gasteiger partial charge in [-0.15, -0.1) is 0 Å². The number of nitrogens with zero attached hydrogens (tertiary/aromatic N) is 4. The first-order chi connectivity index (χ1) is 20.6. The summed E-state index contributed by atoms with van der Waals surface area (Å²) in [5, 5.41) is 10.1. The van der Waals surface area contributed by atoms with E-state index in [0.29, 0.717) is 28.5 Å². The highest BCUT2D eigenvalue weighted by Gasteiger charge is 2.77. The Kier molecular flexibility index (Phi) is 4.97. The molecule has 0 radical (unpaired) electrons. The van der Waals surface area contributed by atoms with E-state index in [1.165, 1.54) is 43.2 Å². The van der Waals surface area contributed by atoms with Crippen LogP contribution >= 0.6 is 0 Å². The van der Waals surface area contributed by atoms with Crippen LogP contribution in [0.15, 0.2) is 103 Å². The van der Waals surface area contributed by atoms with E-state index in [2.05, 4.69) is 66.7 Å². The molecule has 4 fully saturated rings. The van der Waals surface area contributed by atoms with E-state index in [4.69, 9.17) is 15.0 Å². The Hall–Kier alpha value is -4.62. The first kappa shape index (κ1) is 24.0. The van der Waals surface area contributed by atoms with Crippen molar-refractivity contribution >= 4 is 0 Å². The molecule has 202 valence electrons. The van der Waals surface area contributed by atoms with Gasteiger partial charge in [-0.25, -0.2) is 15.0 Å². The molecular formula is C38H30N4. The molecule has 4 heteroatoms. The second-order valence-electron chi connectivity index (χ2n) is 13.1. The molecule has 4 aliphatic rings. The zero-order chi connectivity index (χ0) is 27.9. The summed E-state index contributed by atoms with van der Waals surface area (Å²) < 4.78 is 0. The minimum Gasteiger partial charge on any atom is -0.208 e. The molecule has 0 amide bonds. The molecule has 1 heterocycles. The van der Waals surface area contributed by atoms with Crippen LogP contribution in [-0.2, 0) is 5.41 Å². The quantitative estimate of drug-likeness (QED) is 0.223. The third-order valence-corrected chi connectivity index (χ3v) is 11.2. The van der Waals surface area contributed by atoms with Crippen LogP contribution < -0.4 is 0 Å². The molecule has 0 aliphatic heterocycles. The Bertz CT molecular complexity index is 1870.